The summed E-state index contributed by atoms with van der Waals surface area (Å²) >= 11 is 0. The van der Waals surface area contributed by atoms with Crippen LogP contribution in [0.2, 0.25) is 0 Å². The molecule has 0 atom stereocenters. The minimum absolute atomic E-state index is 0.307. The lowest BCUT2D eigenvalue weighted by molar-refractivity contribution is 0.292. The summed E-state index contributed by atoms with van der Waals surface area (Å²) in [7, 11) is 0. The van der Waals surface area contributed by atoms with Crippen LogP contribution in [0.25, 0.3) is 11.4 Å². The molecule has 0 amide bonds. The normalized spacial score (nSPS) is 15.1. The van der Waals surface area contributed by atoms with Crippen LogP contribution < -0.4 is 4.74 Å². The van der Waals surface area contributed by atoms with Crippen LogP contribution in [0.15, 0.2) is 22.9 Å². The quantitative estimate of drug-likeness (QED) is 0.786. The highest BCUT2D eigenvalue weighted by atomic mass is 16.5. The van der Waals surface area contributed by atoms with E-state index < -0.39 is 0 Å². The summed E-state index contributed by atoms with van der Waals surface area (Å²) in [4.78, 5) is 8.37. The summed E-state index contributed by atoms with van der Waals surface area (Å²) < 4.78 is 10.6. The van der Waals surface area contributed by atoms with Gasteiger partial charge in [0.05, 0.1) is 5.56 Å². The van der Waals surface area contributed by atoms with Crippen molar-refractivity contribution in [2.24, 2.45) is 0 Å². The molecule has 0 unspecified atom stereocenters. The van der Waals surface area contributed by atoms with Crippen molar-refractivity contribution in [2.45, 2.75) is 25.9 Å². The van der Waals surface area contributed by atoms with Gasteiger partial charge in [-0.25, -0.2) is 4.98 Å². The molecule has 2 heterocycles. The van der Waals surface area contributed by atoms with Crippen molar-refractivity contribution in [1.29, 1.82) is 0 Å². The molecule has 5 heteroatoms. The summed E-state index contributed by atoms with van der Waals surface area (Å²) in [5, 5.41) is 3.87. The second-order valence-corrected chi connectivity index (χ2v) is 3.81. The van der Waals surface area contributed by atoms with E-state index in [1.165, 1.54) is 0 Å². The Morgan fingerprint density at radius 1 is 1.44 bits per heavy atom. The molecule has 0 N–H and O–H groups in total. The Morgan fingerprint density at radius 3 is 3.00 bits per heavy atom. The maximum atomic E-state index is 5.69. The highest BCUT2D eigenvalue weighted by molar-refractivity contribution is 5.60. The maximum absolute atomic E-state index is 5.69. The lowest BCUT2D eigenvalue weighted by Gasteiger charge is -2.05. The zero-order valence-corrected chi connectivity index (χ0v) is 8.88. The number of hydrogen-bond acceptors (Lipinski definition) is 5. The first kappa shape index (κ1) is 9.33. The Labute approximate surface area is 92.5 Å². The van der Waals surface area contributed by atoms with Crippen LogP contribution in [-0.2, 0) is 0 Å². The monoisotopic (exact) mass is 217 g/mol. The minimum atomic E-state index is 0.307. The number of aromatic nitrogens is 3. The molecule has 0 spiro atoms. The molecular formula is C11H11N3O2. The van der Waals surface area contributed by atoms with Crippen LogP contribution in [-0.4, -0.2) is 21.2 Å². The van der Waals surface area contributed by atoms with E-state index in [4.69, 9.17) is 9.26 Å². The van der Waals surface area contributed by atoms with E-state index >= 15 is 0 Å². The van der Waals surface area contributed by atoms with Gasteiger partial charge in [0.2, 0.25) is 17.6 Å². The third-order valence-corrected chi connectivity index (χ3v) is 2.34. The van der Waals surface area contributed by atoms with Gasteiger partial charge in [0.15, 0.2) is 0 Å². The Morgan fingerprint density at radius 2 is 2.31 bits per heavy atom. The fourth-order valence-corrected chi connectivity index (χ4v) is 1.41. The molecule has 2 aromatic rings. The summed E-state index contributed by atoms with van der Waals surface area (Å²) in [6.07, 6.45) is 4.21. The zero-order valence-electron chi connectivity index (χ0n) is 8.88. The number of nitrogens with zero attached hydrogens (tertiary/aromatic N) is 3. The molecule has 1 aliphatic rings. The minimum Gasteiger partial charge on any atom is -0.474 e. The Balaban J connectivity index is 1.98. The zero-order chi connectivity index (χ0) is 11.0. The molecule has 0 saturated heterocycles. The molecule has 82 valence electrons. The van der Waals surface area contributed by atoms with Crippen LogP contribution >= 0.6 is 0 Å². The Bertz CT molecular complexity index is 505. The molecule has 2 aromatic heterocycles. The van der Waals surface area contributed by atoms with Crippen LogP contribution in [0.4, 0.5) is 0 Å². The van der Waals surface area contributed by atoms with E-state index in [2.05, 4.69) is 15.1 Å². The molecule has 0 aliphatic heterocycles. The van der Waals surface area contributed by atoms with Gasteiger partial charge in [-0.05, 0) is 25.0 Å². The number of hydrogen-bond donors (Lipinski definition) is 0. The van der Waals surface area contributed by atoms with Gasteiger partial charge < -0.3 is 9.26 Å². The SMILES string of the molecule is Cc1nc(-c2cccnc2OC2CC2)no1. The summed E-state index contributed by atoms with van der Waals surface area (Å²) in [6.45, 7) is 1.76. The lowest BCUT2D eigenvalue weighted by Crippen LogP contribution is -2.00. The Hall–Kier alpha value is -1.91. The van der Waals surface area contributed by atoms with E-state index in [0.717, 1.165) is 18.4 Å². The fraction of sp³-hybridized carbons (Fsp3) is 0.364. The highest BCUT2D eigenvalue weighted by Gasteiger charge is 2.26. The molecule has 1 saturated carbocycles. The molecule has 0 radical (unpaired) electrons. The first-order chi connectivity index (χ1) is 7.83. The predicted molar refractivity (Wildman–Crippen MR) is 55.9 cm³/mol. The van der Waals surface area contributed by atoms with Gasteiger partial charge in [-0.15, -0.1) is 0 Å². The smallest absolute Gasteiger partial charge is 0.224 e. The van der Waals surface area contributed by atoms with Crippen LogP contribution in [0.1, 0.15) is 18.7 Å². The first-order valence-corrected chi connectivity index (χ1v) is 5.25. The van der Waals surface area contributed by atoms with Crippen molar-refractivity contribution in [1.82, 2.24) is 15.1 Å². The van der Waals surface area contributed by atoms with Gasteiger partial charge in [0.1, 0.15) is 6.10 Å². The fourth-order valence-electron chi connectivity index (χ4n) is 1.41. The van der Waals surface area contributed by atoms with Gasteiger partial charge in [-0.3, -0.25) is 0 Å². The molecule has 1 aliphatic carbocycles. The topological polar surface area (TPSA) is 61.0 Å². The standard InChI is InChI=1S/C11H11N3O2/c1-7-13-10(14-16-7)9-3-2-6-12-11(9)15-8-4-5-8/h2-3,6,8H,4-5H2,1H3. The number of pyridine rings is 1. The Kier molecular flexibility index (Phi) is 2.09. The van der Waals surface area contributed by atoms with Crippen molar-refractivity contribution < 1.29 is 9.26 Å². The molecule has 1 fully saturated rings. The first-order valence-electron chi connectivity index (χ1n) is 5.25. The summed E-state index contributed by atoms with van der Waals surface area (Å²) in [6, 6.07) is 3.72. The average molecular weight is 217 g/mol. The van der Waals surface area contributed by atoms with Gasteiger partial charge in [-0.2, -0.15) is 4.98 Å². The van der Waals surface area contributed by atoms with Crippen molar-refractivity contribution in [3.8, 4) is 17.3 Å². The van der Waals surface area contributed by atoms with Crippen LogP contribution in [0.3, 0.4) is 0 Å². The van der Waals surface area contributed by atoms with E-state index in [0.29, 0.717) is 23.7 Å². The molecule has 0 bridgehead atoms. The number of aryl methyl sites for hydroxylation is 1. The number of rotatable bonds is 3. The van der Waals surface area contributed by atoms with Crippen molar-refractivity contribution in [3.05, 3.63) is 24.2 Å². The largest absolute Gasteiger partial charge is 0.474 e. The molecule has 3 rings (SSSR count). The van der Waals surface area contributed by atoms with Crippen LogP contribution in [0.5, 0.6) is 5.88 Å². The van der Waals surface area contributed by atoms with Crippen molar-refractivity contribution in [3.63, 3.8) is 0 Å². The number of ether oxygens (including phenoxy) is 1. The van der Waals surface area contributed by atoms with E-state index in [9.17, 15) is 0 Å². The molecule has 5 nitrogen and oxygen atoms in total. The average Bonchev–Trinajstić information content (AvgIpc) is 3.00. The summed E-state index contributed by atoms with van der Waals surface area (Å²) in [5.41, 5.74) is 0.784. The highest BCUT2D eigenvalue weighted by Crippen LogP contribution is 2.31. The van der Waals surface area contributed by atoms with Gasteiger partial charge >= 0.3 is 0 Å². The van der Waals surface area contributed by atoms with E-state index in [1.807, 2.05) is 12.1 Å². The van der Waals surface area contributed by atoms with Gasteiger partial charge in [0, 0.05) is 13.1 Å². The van der Waals surface area contributed by atoms with Crippen molar-refractivity contribution in [2.75, 3.05) is 0 Å². The lowest BCUT2D eigenvalue weighted by atomic mass is 10.2. The van der Waals surface area contributed by atoms with Gasteiger partial charge in [-0.1, -0.05) is 5.16 Å². The van der Waals surface area contributed by atoms with Gasteiger partial charge in [0.25, 0.3) is 0 Å². The summed E-state index contributed by atoms with van der Waals surface area (Å²) in [5.74, 6) is 1.66. The van der Waals surface area contributed by atoms with E-state index in [-0.39, 0.29) is 0 Å². The third kappa shape index (κ3) is 1.76. The molecule has 0 aromatic carbocycles. The molecular weight excluding hydrogens is 206 g/mol. The second kappa shape index (κ2) is 3.59. The molecule has 16 heavy (non-hydrogen) atoms. The van der Waals surface area contributed by atoms with Crippen molar-refractivity contribution >= 4 is 0 Å². The predicted octanol–water partition coefficient (Wildman–Crippen LogP) is 1.98. The van der Waals surface area contributed by atoms with Crippen LogP contribution in [0, 0.1) is 6.92 Å². The maximum Gasteiger partial charge on any atom is 0.224 e. The van der Waals surface area contributed by atoms with E-state index in [1.54, 1.807) is 13.1 Å². The second-order valence-electron chi connectivity index (χ2n) is 3.81. The third-order valence-electron chi connectivity index (χ3n) is 2.34.